The summed E-state index contributed by atoms with van der Waals surface area (Å²) in [5.41, 5.74) is 2.79. The van der Waals surface area contributed by atoms with Crippen LogP contribution >= 0.6 is 24.0 Å². The molecule has 0 atom stereocenters. The quantitative estimate of drug-likeness (QED) is 0.287. The lowest BCUT2D eigenvalue weighted by atomic mass is 10.2. The normalized spacial score (nSPS) is 10.8. The molecule has 0 bridgehead atoms. The van der Waals surface area contributed by atoms with Gasteiger partial charge in [0.15, 0.2) is 11.7 Å². The maximum absolute atomic E-state index is 5.43. The second-order valence-corrected chi connectivity index (χ2v) is 6.01. The van der Waals surface area contributed by atoms with Crippen LogP contribution in [0.15, 0.2) is 64.1 Å². The number of aliphatic imine (C=N–C) groups is 1. The molecule has 3 aromatic rings. The topological polar surface area (TPSA) is 80.9 Å². The van der Waals surface area contributed by atoms with Crippen molar-refractivity contribution < 1.29 is 14.0 Å². The minimum atomic E-state index is 0. The van der Waals surface area contributed by atoms with Gasteiger partial charge in [-0.2, -0.15) is 0 Å². The van der Waals surface area contributed by atoms with E-state index in [1.54, 1.807) is 21.3 Å². The highest BCUT2D eigenvalue weighted by Gasteiger charge is 2.09. The number of rotatable bonds is 7. The molecule has 0 radical (unpaired) electrons. The number of hydrogen-bond donors (Lipinski definition) is 2. The number of nitrogens with one attached hydrogen (secondary N) is 2. The van der Waals surface area contributed by atoms with Crippen LogP contribution in [0.2, 0.25) is 0 Å². The van der Waals surface area contributed by atoms with E-state index < -0.39 is 0 Å². The molecule has 0 unspecified atom stereocenters. The van der Waals surface area contributed by atoms with Gasteiger partial charge in [0.1, 0.15) is 17.2 Å². The van der Waals surface area contributed by atoms with Crippen LogP contribution in [0, 0.1) is 0 Å². The van der Waals surface area contributed by atoms with Gasteiger partial charge in [0.25, 0.3) is 0 Å². The van der Waals surface area contributed by atoms with Gasteiger partial charge < -0.3 is 24.6 Å². The number of ether oxygens (including phenoxy) is 2. The molecule has 7 nitrogen and oxygen atoms in total. The Morgan fingerprint density at radius 3 is 2.45 bits per heavy atom. The van der Waals surface area contributed by atoms with Crippen molar-refractivity contribution in [3.8, 4) is 22.8 Å². The van der Waals surface area contributed by atoms with Crippen molar-refractivity contribution >= 4 is 29.9 Å². The minimum Gasteiger partial charge on any atom is -0.497 e. The maximum atomic E-state index is 5.43. The smallest absolute Gasteiger partial charge is 0.191 e. The summed E-state index contributed by atoms with van der Waals surface area (Å²) in [5.74, 6) is 2.90. The molecule has 1 aromatic heterocycles. The second-order valence-electron chi connectivity index (χ2n) is 6.01. The molecule has 1 heterocycles. The Labute approximate surface area is 187 Å². The molecule has 0 aliphatic carbocycles. The van der Waals surface area contributed by atoms with Crippen molar-refractivity contribution in [2.45, 2.75) is 13.1 Å². The molecule has 0 spiro atoms. The summed E-state index contributed by atoms with van der Waals surface area (Å²) in [6.45, 7) is 1.05. The highest BCUT2D eigenvalue weighted by molar-refractivity contribution is 14.0. The van der Waals surface area contributed by atoms with Crippen LogP contribution in [0.1, 0.15) is 11.3 Å². The lowest BCUT2D eigenvalue weighted by Gasteiger charge is -2.14. The highest BCUT2D eigenvalue weighted by Crippen LogP contribution is 2.24. The van der Waals surface area contributed by atoms with E-state index in [4.69, 9.17) is 14.0 Å². The van der Waals surface area contributed by atoms with Gasteiger partial charge in [-0.1, -0.05) is 35.5 Å². The molecule has 29 heavy (non-hydrogen) atoms. The molecule has 2 aromatic carbocycles. The average molecular weight is 508 g/mol. The van der Waals surface area contributed by atoms with Crippen molar-refractivity contribution in [3.05, 3.63) is 65.9 Å². The predicted octanol–water partition coefficient (Wildman–Crippen LogP) is 3.84. The number of benzene rings is 2. The maximum Gasteiger partial charge on any atom is 0.191 e. The zero-order chi connectivity index (χ0) is 19.8. The molecule has 2 N–H and O–H groups in total. The van der Waals surface area contributed by atoms with Crippen LogP contribution in [0.4, 0.5) is 0 Å². The molecule has 0 saturated carbocycles. The summed E-state index contributed by atoms with van der Waals surface area (Å²) in [4.78, 5) is 4.24. The second kappa shape index (κ2) is 11.3. The Bertz CT molecular complexity index is 929. The van der Waals surface area contributed by atoms with E-state index in [1.807, 2.05) is 54.6 Å². The number of guanidine groups is 1. The molecule has 0 aliphatic heterocycles. The van der Waals surface area contributed by atoms with Gasteiger partial charge in [-0.05, 0) is 12.1 Å². The Morgan fingerprint density at radius 1 is 1.00 bits per heavy atom. The van der Waals surface area contributed by atoms with E-state index in [9.17, 15) is 0 Å². The van der Waals surface area contributed by atoms with Crippen LogP contribution in [0.3, 0.4) is 0 Å². The lowest BCUT2D eigenvalue weighted by Crippen LogP contribution is -2.36. The first-order chi connectivity index (χ1) is 13.7. The van der Waals surface area contributed by atoms with Gasteiger partial charge in [0.2, 0.25) is 0 Å². The van der Waals surface area contributed by atoms with Crippen molar-refractivity contribution in [1.82, 2.24) is 15.8 Å². The SMILES string of the molecule is CN=C(NCc1cc(-c2ccccc2)on1)NCc1ccc(OC)cc1OC.I. The zero-order valence-electron chi connectivity index (χ0n) is 16.6. The average Bonchev–Trinajstić information content (AvgIpc) is 3.23. The van der Waals surface area contributed by atoms with Crippen LogP contribution in [0.25, 0.3) is 11.3 Å². The fourth-order valence-electron chi connectivity index (χ4n) is 2.71. The summed E-state index contributed by atoms with van der Waals surface area (Å²) in [6.07, 6.45) is 0. The highest BCUT2D eigenvalue weighted by atomic mass is 127. The van der Waals surface area contributed by atoms with Gasteiger partial charge in [0.05, 0.1) is 20.8 Å². The minimum absolute atomic E-state index is 0. The number of nitrogens with zero attached hydrogens (tertiary/aromatic N) is 2. The van der Waals surface area contributed by atoms with Crippen LogP contribution in [0.5, 0.6) is 11.5 Å². The van der Waals surface area contributed by atoms with E-state index in [-0.39, 0.29) is 24.0 Å². The van der Waals surface area contributed by atoms with E-state index in [2.05, 4.69) is 20.8 Å². The predicted molar refractivity (Wildman–Crippen MR) is 124 cm³/mol. The van der Waals surface area contributed by atoms with Gasteiger partial charge in [-0.25, -0.2) is 0 Å². The molecule has 3 rings (SSSR count). The third-order valence-corrected chi connectivity index (χ3v) is 4.22. The van der Waals surface area contributed by atoms with Gasteiger partial charge >= 0.3 is 0 Å². The summed E-state index contributed by atoms with van der Waals surface area (Å²) < 4.78 is 16.1. The largest absolute Gasteiger partial charge is 0.497 e. The van der Waals surface area contributed by atoms with Gasteiger partial charge in [-0.15, -0.1) is 24.0 Å². The van der Waals surface area contributed by atoms with Crippen LogP contribution < -0.4 is 20.1 Å². The van der Waals surface area contributed by atoms with E-state index in [0.29, 0.717) is 19.0 Å². The lowest BCUT2D eigenvalue weighted by molar-refractivity contribution is 0.390. The zero-order valence-corrected chi connectivity index (χ0v) is 19.0. The number of methoxy groups -OCH3 is 2. The first-order valence-corrected chi connectivity index (χ1v) is 8.90. The number of hydrogen-bond acceptors (Lipinski definition) is 5. The third-order valence-electron chi connectivity index (χ3n) is 4.22. The van der Waals surface area contributed by atoms with Crippen molar-refractivity contribution in [2.75, 3.05) is 21.3 Å². The fraction of sp³-hybridized carbons (Fsp3) is 0.238. The van der Waals surface area contributed by atoms with Crippen LogP contribution in [-0.2, 0) is 13.1 Å². The Balaban J connectivity index is 0.00000300. The monoisotopic (exact) mass is 508 g/mol. The van der Waals surface area contributed by atoms with Gasteiger partial charge in [-0.3, -0.25) is 4.99 Å². The molecule has 0 amide bonds. The van der Waals surface area contributed by atoms with E-state index in [1.165, 1.54) is 0 Å². The summed E-state index contributed by atoms with van der Waals surface area (Å²) in [5, 5.41) is 10.6. The standard InChI is InChI=1S/C21H24N4O3.HI/c1-22-21(23-13-16-9-10-18(26-2)12-19(16)27-3)24-14-17-11-20(28-25-17)15-7-5-4-6-8-15;/h4-12H,13-14H2,1-3H3,(H2,22,23,24);1H. The van der Waals surface area contributed by atoms with Crippen molar-refractivity contribution in [1.29, 1.82) is 0 Å². The number of aromatic nitrogens is 1. The molecule has 0 saturated heterocycles. The Morgan fingerprint density at radius 2 is 1.76 bits per heavy atom. The number of halogens is 1. The molecular formula is C21H25IN4O3. The molecular weight excluding hydrogens is 483 g/mol. The summed E-state index contributed by atoms with van der Waals surface area (Å²) >= 11 is 0. The fourth-order valence-corrected chi connectivity index (χ4v) is 2.71. The Kier molecular flexibility index (Phi) is 8.78. The first-order valence-electron chi connectivity index (χ1n) is 8.90. The first kappa shape index (κ1) is 22.5. The third kappa shape index (κ3) is 6.11. The molecule has 0 fully saturated rings. The van der Waals surface area contributed by atoms with E-state index in [0.717, 1.165) is 34.1 Å². The van der Waals surface area contributed by atoms with Crippen molar-refractivity contribution in [2.24, 2.45) is 4.99 Å². The van der Waals surface area contributed by atoms with Crippen LogP contribution in [-0.4, -0.2) is 32.4 Å². The van der Waals surface area contributed by atoms with Gasteiger partial charge in [0, 0.05) is 36.9 Å². The Hall–Kier alpha value is -2.75. The van der Waals surface area contributed by atoms with E-state index >= 15 is 0 Å². The summed E-state index contributed by atoms with van der Waals surface area (Å²) in [6, 6.07) is 17.5. The molecule has 154 valence electrons. The van der Waals surface area contributed by atoms with Crippen molar-refractivity contribution in [3.63, 3.8) is 0 Å². The summed E-state index contributed by atoms with van der Waals surface area (Å²) in [7, 11) is 4.99. The molecule has 0 aliphatic rings. The molecule has 8 heteroatoms.